The van der Waals surface area contributed by atoms with Gasteiger partial charge in [0.15, 0.2) is 0 Å². The average molecular weight is 331 g/mol. The van der Waals surface area contributed by atoms with Crippen LogP contribution < -0.4 is 5.32 Å². The van der Waals surface area contributed by atoms with E-state index < -0.39 is 11.9 Å². The lowest BCUT2D eigenvalue weighted by atomic mass is 10.0. The van der Waals surface area contributed by atoms with Crippen LogP contribution in [0.4, 0.5) is 0 Å². The standard InChI is InChI=1S/C13H19BrN2O3/c1-3-5-9(13(18)19)7-15-12(17)11-6-10(14)8-16(11)4-2/h6,8-9H,3-5,7H2,1-2H3,(H,15,17)(H,18,19). The minimum Gasteiger partial charge on any atom is -0.481 e. The molecular weight excluding hydrogens is 312 g/mol. The smallest absolute Gasteiger partial charge is 0.308 e. The van der Waals surface area contributed by atoms with E-state index in [0.29, 0.717) is 18.7 Å². The van der Waals surface area contributed by atoms with Crippen LogP contribution in [0, 0.1) is 5.92 Å². The molecule has 0 aromatic carbocycles. The van der Waals surface area contributed by atoms with Crippen molar-refractivity contribution in [2.24, 2.45) is 5.92 Å². The number of hydrogen-bond donors (Lipinski definition) is 2. The molecule has 1 atom stereocenters. The van der Waals surface area contributed by atoms with Crippen molar-refractivity contribution in [3.8, 4) is 0 Å². The quantitative estimate of drug-likeness (QED) is 0.806. The predicted molar refractivity (Wildman–Crippen MR) is 76.2 cm³/mol. The molecule has 0 spiro atoms. The second-order valence-electron chi connectivity index (χ2n) is 4.36. The number of carboxylic acid groups (broad SMARTS) is 1. The maximum atomic E-state index is 12.0. The van der Waals surface area contributed by atoms with Crippen molar-refractivity contribution >= 4 is 27.8 Å². The summed E-state index contributed by atoms with van der Waals surface area (Å²) in [6, 6.07) is 1.73. The van der Waals surface area contributed by atoms with Gasteiger partial charge in [-0.05, 0) is 35.3 Å². The second kappa shape index (κ2) is 7.33. The Hall–Kier alpha value is -1.30. The molecule has 1 heterocycles. The van der Waals surface area contributed by atoms with Gasteiger partial charge in [-0.2, -0.15) is 0 Å². The number of nitrogens with zero attached hydrogens (tertiary/aromatic N) is 1. The molecule has 0 radical (unpaired) electrons. The Labute approximate surface area is 121 Å². The molecule has 1 amide bonds. The summed E-state index contributed by atoms with van der Waals surface area (Å²) in [7, 11) is 0. The van der Waals surface area contributed by atoms with Gasteiger partial charge in [0.2, 0.25) is 0 Å². The minimum absolute atomic E-state index is 0.161. The predicted octanol–water partition coefficient (Wildman–Crippen LogP) is 2.50. The zero-order valence-corrected chi connectivity index (χ0v) is 12.7. The lowest BCUT2D eigenvalue weighted by Crippen LogP contribution is -2.33. The van der Waals surface area contributed by atoms with E-state index in [1.165, 1.54) is 0 Å². The molecule has 1 aromatic rings. The number of carboxylic acids is 1. The highest BCUT2D eigenvalue weighted by molar-refractivity contribution is 9.10. The molecule has 1 rings (SSSR count). The molecule has 1 aromatic heterocycles. The maximum Gasteiger partial charge on any atom is 0.308 e. The SMILES string of the molecule is CCCC(CNC(=O)c1cc(Br)cn1CC)C(=O)O. The van der Waals surface area contributed by atoms with E-state index in [1.807, 2.05) is 24.6 Å². The van der Waals surface area contributed by atoms with E-state index in [-0.39, 0.29) is 12.5 Å². The first-order valence-electron chi connectivity index (χ1n) is 6.36. The third kappa shape index (κ3) is 4.38. The Morgan fingerprint density at radius 3 is 2.68 bits per heavy atom. The summed E-state index contributed by atoms with van der Waals surface area (Å²) < 4.78 is 2.65. The first-order chi connectivity index (χ1) is 8.99. The number of rotatable bonds is 7. The molecule has 106 valence electrons. The molecule has 0 saturated heterocycles. The molecule has 19 heavy (non-hydrogen) atoms. The molecule has 5 nitrogen and oxygen atoms in total. The number of carbonyl (C=O) groups is 2. The number of aromatic nitrogens is 1. The van der Waals surface area contributed by atoms with Gasteiger partial charge in [-0.3, -0.25) is 9.59 Å². The van der Waals surface area contributed by atoms with E-state index >= 15 is 0 Å². The highest BCUT2D eigenvalue weighted by atomic mass is 79.9. The van der Waals surface area contributed by atoms with Gasteiger partial charge in [-0.1, -0.05) is 13.3 Å². The summed E-state index contributed by atoms with van der Waals surface area (Å²) in [6.07, 6.45) is 3.17. The largest absolute Gasteiger partial charge is 0.481 e. The van der Waals surface area contributed by atoms with E-state index in [0.717, 1.165) is 10.9 Å². The average Bonchev–Trinajstić information content (AvgIpc) is 2.75. The molecule has 2 N–H and O–H groups in total. The van der Waals surface area contributed by atoms with Gasteiger partial charge in [0.1, 0.15) is 5.69 Å². The molecule has 0 fully saturated rings. The molecular formula is C13H19BrN2O3. The number of carbonyl (C=O) groups excluding carboxylic acids is 1. The highest BCUT2D eigenvalue weighted by Crippen LogP contribution is 2.15. The molecule has 1 unspecified atom stereocenters. The third-order valence-corrected chi connectivity index (χ3v) is 3.37. The molecule has 0 bridgehead atoms. The lowest BCUT2D eigenvalue weighted by molar-refractivity contribution is -0.141. The highest BCUT2D eigenvalue weighted by Gasteiger charge is 2.19. The summed E-state index contributed by atoms with van der Waals surface area (Å²) >= 11 is 3.33. The fourth-order valence-corrected chi connectivity index (χ4v) is 2.36. The topological polar surface area (TPSA) is 71.3 Å². The Kier molecular flexibility index (Phi) is 6.08. The van der Waals surface area contributed by atoms with Crippen LogP contribution in [-0.4, -0.2) is 28.1 Å². The van der Waals surface area contributed by atoms with Gasteiger partial charge in [0.25, 0.3) is 5.91 Å². The van der Waals surface area contributed by atoms with Crippen molar-refractivity contribution in [1.82, 2.24) is 9.88 Å². The zero-order chi connectivity index (χ0) is 14.4. The normalized spacial score (nSPS) is 12.2. The van der Waals surface area contributed by atoms with Crippen LogP contribution in [0.15, 0.2) is 16.7 Å². The van der Waals surface area contributed by atoms with Crippen LogP contribution in [0.5, 0.6) is 0 Å². The van der Waals surface area contributed by atoms with Crippen molar-refractivity contribution in [2.75, 3.05) is 6.54 Å². The minimum atomic E-state index is -0.866. The van der Waals surface area contributed by atoms with Crippen molar-refractivity contribution in [3.05, 3.63) is 22.4 Å². The van der Waals surface area contributed by atoms with E-state index in [2.05, 4.69) is 21.2 Å². The summed E-state index contributed by atoms with van der Waals surface area (Å²) in [5, 5.41) is 11.7. The zero-order valence-electron chi connectivity index (χ0n) is 11.1. The first kappa shape index (κ1) is 15.8. The van der Waals surface area contributed by atoms with Crippen LogP contribution in [-0.2, 0) is 11.3 Å². The Bertz CT molecular complexity index is 457. The lowest BCUT2D eigenvalue weighted by Gasteiger charge is -2.13. The Balaban J connectivity index is 2.66. The number of aliphatic carboxylic acids is 1. The molecule has 0 aliphatic carbocycles. The van der Waals surface area contributed by atoms with E-state index in [9.17, 15) is 9.59 Å². The summed E-state index contributed by atoms with van der Waals surface area (Å²) in [5.41, 5.74) is 0.537. The van der Waals surface area contributed by atoms with Crippen molar-refractivity contribution in [1.29, 1.82) is 0 Å². The Morgan fingerprint density at radius 1 is 1.47 bits per heavy atom. The van der Waals surface area contributed by atoms with Crippen molar-refractivity contribution in [3.63, 3.8) is 0 Å². The van der Waals surface area contributed by atoms with Gasteiger partial charge in [-0.15, -0.1) is 0 Å². The summed E-state index contributed by atoms with van der Waals surface area (Å²) in [5.74, 6) is -1.63. The molecule has 0 saturated carbocycles. The molecule has 0 aliphatic rings. The third-order valence-electron chi connectivity index (χ3n) is 2.93. The molecule has 6 heteroatoms. The fourth-order valence-electron chi connectivity index (χ4n) is 1.89. The summed E-state index contributed by atoms with van der Waals surface area (Å²) in [6.45, 7) is 4.72. The van der Waals surface area contributed by atoms with Crippen LogP contribution in [0.1, 0.15) is 37.2 Å². The van der Waals surface area contributed by atoms with Crippen molar-refractivity contribution in [2.45, 2.75) is 33.2 Å². The van der Waals surface area contributed by atoms with Gasteiger partial charge in [-0.25, -0.2) is 0 Å². The first-order valence-corrected chi connectivity index (χ1v) is 7.15. The number of nitrogens with one attached hydrogen (secondary N) is 1. The Morgan fingerprint density at radius 2 is 2.16 bits per heavy atom. The van der Waals surface area contributed by atoms with E-state index in [1.54, 1.807) is 6.07 Å². The monoisotopic (exact) mass is 330 g/mol. The van der Waals surface area contributed by atoms with Gasteiger partial charge < -0.3 is 15.0 Å². The second-order valence-corrected chi connectivity index (χ2v) is 5.28. The number of hydrogen-bond acceptors (Lipinski definition) is 2. The van der Waals surface area contributed by atoms with Gasteiger partial charge >= 0.3 is 5.97 Å². The van der Waals surface area contributed by atoms with E-state index in [4.69, 9.17) is 5.11 Å². The van der Waals surface area contributed by atoms with Gasteiger partial charge in [0.05, 0.1) is 5.92 Å². The van der Waals surface area contributed by atoms with Crippen LogP contribution in [0.3, 0.4) is 0 Å². The van der Waals surface area contributed by atoms with Crippen LogP contribution in [0.2, 0.25) is 0 Å². The fraction of sp³-hybridized carbons (Fsp3) is 0.538. The molecule has 0 aliphatic heterocycles. The number of halogens is 1. The maximum absolute atomic E-state index is 12.0. The number of amides is 1. The summed E-state index contributed by atoms with van der Waals surface area (Å²) in [4.78, 5) is 23.0. The van der Waals surface area contributed by atoms with Crippen LogP contribution in [0.25, 0.3) is 0 Å². The number of aryl methyl sites for hydroxylation is 1. The van der Waals surface area contributed by atoms with Crippen molar-refractivity contribution < 1.29 is 14.7 Å². The van der Waals surface area contributed by atoms with Gasteiger partial charge in [0, 0.05) is 23.8 Å². The van der Waals surface area contributed by atoms with Crippen LogP contribution >= 0.6 is 15.9 Å².